The lowest BCUT2D eigenvalue weighted by Crippen LogP contribution is -2.10. The summed E-state index contributed by atoms with van der Waals surface area (Å²) in [6.07, 6.45) is 10.9. The Balaban J connectivity index is 1.72. The molecule has 1 fully saturated rings. The van der Waals surface area contributed by atoms with Crippen molar-refractivity contribution in [2.45, 2.75) is 58.3 Å². The molecule has 1 aromatic carbocycles. The van der Waals surface area contributed by atoms with Crippen molar-refractivity contribution in [2.24, 2.45) is 5.92 Å². The molecule has 0 aliphatic heterocycles. The first-order chi connectivity index (χ1) is 8.88. The summed E-state index contributed by atoms with van der Waals surface area (Å²) in [6.45, 7) is 3.42. The minimum absolute atomic E-state index is 0.911. The van der Waals surface area contributed by atoms with Gasteiger partial charge >= 0.3 is 0 Å². The van der Waals surface area contributed by atoms with Crippen LogP contribution in [0, 0.1) is 5.92 Å². The Hall–Kier alpha value is -0.980. The Labute approximate surface area is 112 Å². The number of anilines is 1. The van der Waals surface area contributed by atoms with Crippen LogP contribution >= 0.6 is 0 Å². The molecule has 1 aliphatic rings. The lowest BCUT2D eigenvalue weighted by molar-refractivity contribution is 0.580. The average Bonchev–Trinajstić information content (AvgIpc) is 2.91. The van der Waals surface area contributed by atoms with Crippen molar-refractivity contribution in [3.63, 3.8) is 0 Å². The van der Waals surface area contributed by atoms with Crippen molar-refractivity contribution in [1.29, 1.82) is 0 Å². The molecule has 0 amide bonds. The minimum Gasteiger partial charge on any atom is -0.385 e. The third kappa shape index (κ3) is 4.36. The average molecular weight is 245 g/mol. The Morgan fingerprint density at radius 3 is 2.44 bits per heavy atom. The van der Waals surface area contributed by atoms with Gasteiger partial charge < -0.3 is 5.32 Å². The molecule has 0 saturated heterocycles. The second-order valence-electron chi connectivity index (χ2n) is 5.69. The molecule has 18 heavy (non-hydrogen) atoms. The Morgan fingerprint density at radius 2 is 1.78 bits per heavy atom. The number of unbranched alkanes of at least 4 members (excludes halogenated alkanes) is 2. The van der Waals surface area contributed by atoms with E-state index in [0.717, 1.165) is 12.5 Å². The number of aryl methyl sites for hydroxylation is 1. The molecule has 100 valence electrons. The molecule has 0 radical (unpaired) electrons. The molecular formula is C17H27N. The molecule has 0 atom stereocenters. The van der Waals surface area contributed by atoms with Crippen molar-refractivity contribution in [2.75, 3.05) is 11.9 Å². The summed E-state index contributed by atoms with van der Waals surface area (Å²) in [4.78, 5) is 0. The zero-order valence-electron chi connectivity index (χ0n) is 11.8. The summed E-state index contributed by atoms with van der Waals surface area (Å²) in [5.74, 6) is 0.911. The van der Waals surface area contributed by atoms with Gasteiger partial charge in [0, 0.05) is 12.2 Å². The molecule has 0 spiro atoms. The van der Waals surface area contributed by atoms with Crippen LogP contribution in [-0.4, -0.2) is 6.54 Å². The molecule has 1 aromatic rings. The van der Waals surface area contributed by atoms with Gasteiger partial charge in [-0.25, -0.2) is 0 Å². The number of nitrogens with one attached hydrogen (secondary N) is 1. The maximum Gasteiger partial charge on any atom is 0.0340 e. The normalized spacial score (nSPS) is 16.1. The van der Waals surface area contributed by atoms with Crippen LogP contribution in [0.4, 0.5) is 5.69 Å². The molecule has 0 heterocycles. The number of hydrogen-bond donors (Lipinski definition) is 1. The SMILES string of the molecule is CCCCCc1ccc(NCC2CCCC2)cc1. The van der Waals surface area contributed by atoms with Crippen LogP contribution in [0.5, 0.6) is 0 Å². The lowest BCUT2D eigenvalue weighted by Gasteiger charge is -2.12. The summed E-state index contributed by atoms with van der Waals surface area (Å²) in [7, 11) is 0. The van der Waals surface area contributed by atoms with E-state index in [1.807, 2.05) is 0 Å². The molecule has 1 nitrogen and oxygen atoms in total. The van der Waals surface area contributed by atoms with Gasteiger partial charge in [0.15, 0.2) is 0 Å². The van der Waals surface area contributed by atoms with E-state index >= 15 is 0 Å². The van der Waals surface area contributed by atoms with Gasteiger partial charge in [-0.05, 0) is 49.3 Å². The summed E-state index contributed by atoms with van der Waals surface area (Å²) in [5, 5.41) is 3.58. The number of benzene rings is 1. The van der Waals surface area contributed by atoms with Crippen LogP contribution in [0.1, 0.15) is 57.4 Å². The van der Waals surface area contributed by atoms with E-state index in [9.17, 15) is 0 Å². The first kappa shape index (κ1) is 13.5. The monoisotopic (exact) mass is 245 g/mol. The van der Waals surface area contributed by atoms with E-state index in [4.69, 9.17) is 0 Å². The van der Waals surface area contributed by atoms with E-state index < -0.39 is 0 Å². The predicted molar refractivity (Wildman–Crippen MR) is 80.1 cm³/mol. The fourth-order valence-corrected chi connectivity index (χ4v) is 2.85. The molecule has 0 aromatic heterocycles. The maximum atomic E-state index is 3.58. The highest BCUT2D eigenvalue weighted by Gasteiger charge is 2.14. The first-order valence-electron chi connectivity index (χ1n) is 7.71. The van der Waals surface area contributed by atoms with E-state index in [1.54, 1.807) is 0 Å². The molecule has 1 N–H and O–H groups in total. The Morgan fingerprint density at radius 1 is 1.06 bits per heavy atom. The third-order valence-corrected chi connectivity index (χ3v) is 4.09. The Kier molecular flexibility index (Phi) is 5.57. The van der Waals surface area contributed by atoms with E-state index in [-0.39, 0.29) is 0 Å². The molecule has 0 bridgehead atoms. The highest BCUT2D eigenvalue weighted by molar-refractivity contribution is 5.44. The molecular weight excluding hydrogens is 218 g/mol. The van der Waals surface area contributed by atoms with E-state index in [2.05, 4.69) is 36.5 Å². The highest BCUT2D eigenvalue weighted by atomic mass is 14.9. The van der Waals surface area contributed by atoms with Gasteiger partial charge in [0.25, 0.3) is 0 Å². The lowest BCUT2D eigenvalue weighted by atomic mass is 10.1. The topological polar surface area (TPSA) is 12.0 Å². The third-order valence-electron chi connectivity index (χ3n) is 4.09. The second-order valence-corrected chi connectivity index (χ2v) is 5.69. The van der Waals surface area contributed by atoms with Crippen molar-refractivity contribution < 1.29 is 0 Å². The van der Waals surface area contributed by atoms with Gasteiger partial charge in [-0.3, -0.25) is 0 Å². The highest BCUT2D eigenvalue weighted by Crippen LogP contribution is 2.25. The van der Waals surface area contributed by atoms with Gasteiger partial charge in [-0.1, -0.05) is 44.7 Å². The number of hydrogen-bond acceptors (Lipinski definition) is 1. The van der Waals surface area contributed by atoms with Crippen LogP contribution in [0.15, 0.2) is 24.3 Å². The van der Waals surface area contributed by atoms with Crippen molar-refractivity contribution >= 4 is 5.69 Å². The molecule has 1 aliphatic carbocycles. The van der Waals surface area contributed by atoms with Gasteiger partial charge in [-0.15, -0.1) is 0 Å². The van der Waals surface area contributed by atoms with Crippen molar-refractivity contribution in [3.8, 4) is 0 Å². The fourth-order valence-electron chi connectivity index (χ4n) is 2.85. The van der Waals surface area contributed by atoms with Gasteiger partial charge in [-0.2, -0.15) is 0 Å². The standard InChI is InChI=1S/C17H27N/c1-2-3-4-7-15-10-12-17(13-11-15)18-14-16-8-5-6-9-16/h10-13,16,18H,2-9,14H2,1H3. The largest absolute Gasteiger partial charge is 0.385 e. The summed E-state index contributed by atoms with van der Waals surface area (Å²) in [6, 6.07) is 9.06. The fraction of sp³-hybridized carbons (Fsp3) is 0.647. The van der Waals surface area contributed by atoms with Crippen LogP contribution in [0.2, 0.25) is 0 Å². The minimum atomic E-state index is 0.911. The zero-order chi connectivity index (χ0) is 12.6. The predicted octanol–water partition coefficient (Wildman–Crippen LogP) is 5.02. The van der Waals surface area contributed by atoms with Crippen molar-refractivity contribution in [3.05, 3.63) is 29.8 Å². The second kappa shape index (κ2) is 7.45. The quantitative estimate of drug-likeness (QED) is 0.665. The van der Waals surface area contributed by atoms with E-state index in [0.29, 0.717) is 0 Å². The Bertz CT molecular complexity index is 322. The van der Waals surface area contributed by atoms with Crippen molar-refractivity contribution in [1.82, 2.24) is 0 Å². The zero-order valence-corrected chi connectivity index (χ0v) is 11.8. The smallest absolute Gasteiger partial charge is 0.0340 e. The molecule has 1 saturated carbocycles. The summed E-state index contributed by atoms with van der Waals surface area (Å²) >= 11 is 0. The number of rotatable bonds is 7. The summed E-state index contributed by atoms with van der Waals surface area (Å²) < 4.78 is 0. The molecule has 1 heteroatoms. The van der Waals surface area contributed by atoms with Gasteiger partial charge in [0.05, 0.1) is 0 Å². The van der Waals surface area contributed by atoms with Crippen LogP contribution in [0.3, 0.4) is 0 Å². The molecule has 0 unspecified atom stereocenters. The summed E-state index contributed by atoms with van der Waals surface area (Å²) in [5.41, 5.74) is 2.77. The van der Waals surface area contributed by atoms with Crippen LogP contribution in [-0.2, 0) is 6.42 Å². The van der Waals surface area contributed by atoms with Gasteiger partial charge in [0.1, 0.15) is 0 Å². The van der Waals surface area contributed by atoms with E-state index in [1.165, 1.54) is 62.6 Å². The maximum absolute atomic E-state index is 3.58. The van der Waals surface area contributed by atoms with Crippen LogP contribution < -0.4 is 5.32 Å². The van der Waals surface area contributed by atoms with Gasteiger partial charge in [0.2, 0.25) is 0 Å². The molecule has 2 rings (SSSR count). The van der Waals surface area contributed by atoms with Crippen LogP contribution in [0.25, 0.3) is 0 Å². The first-order valence-corrected chi connectivity index (χ1v) is 7.71.